The monoisotopic (exact) mass is 326 g/mol. The summed E-state index contributed by atoms with van der Waals surface area (Å²) in [6.07, 6.45) is 9.00. The molecule has 0 aromatic carbocycles. The molecule has 5 nitrogen and oxygen atoms in total. The maximum absolute atomic E-state index is 11.7. The largest absolute Gasteiger partial charge is 0.353 e. The van der Waals surface area contributed by atoms with Crippen molar-refractivity contribution in [3.8, 4) is 0 Å². The Morgan fingerprint density at radius 2 is 2.39 bits per heavy atom. The minimum absolute atomic E-state index is 0.0605. The Balaban J connectivity index is 1.44. The molecule has 23 heavy (non-hydrogen) atoms. The van der Waals surface area contributed by atoms with Crippen molar-refractivity contribution in [3.05, 3.63) is 58.2 Å². The number of fused-ring (bicyclic) bond motifs is 1. The molecule has 0 radical (unpaired) electrons. The van der Waals surface area contributed by atoms with E-state index in [9.17, 15) is 4.79 Å². The van der Waals surface area contributed by atoms with Gasteiger partial charge in [0.05, 0.1) is 5.69 Å². The molecule has 0 fully saturated rings. The van der Waals surface area contributed by atoms with Gasteiger partial charge in [0, 0.05) is 36.0 Å². The molecule has 0 atom stereocenters. The number of aryl methyl sites for hydroxylation is 2. The first-order valence-electron chi connectivity index (χ1n) is 7.51. The van der Waals surface area contributed by atoms with Crippen LogP contribution in [-0.4, -0.2) is 27.0 Å². The van der Waals surface area contributed by atoms with Crippen LogP contribution in [0.15, 0.2) is 42.0 Å². The summed E-state index contributed by atoms with van der Waals surface area (Å²) in [5.74, 6) is -0.0605. The van der Waals surface area contributed by atoms with Crippen molar-refractivity contribution in [1.82, 2.24) is 19.9 Å². The van der Waals surface area contributed by atoms with E-state index in [4.69, 9.17) is 0 Å². The van der Waals surface area contributed by atoms with E-state index in [1.54, 1.807) is 21.9 Å². The first kappa shape index (κ1) is 15.4. The van der Waals surface area contributed by atoms with Crippen molar-refractivity contribution < 1.29 is 4.79 Å². The summed E-state index contributed by atoms with van der Waals surface area (Å²) >= 11 is 1.61. The Kier molecular flexibility index (Phi) is 4.83. The summed E-state index contributed by atoms with van der Waals surface area (Å²) < 4.78 is 1.80. The Morgan fingerprint density at radius 3 is 3.22 bits per heavy atom. The Hall–Kier alpha value is -2.47. The lowest BCUT2D eigenvalue weighted by molar-refractivity contribution is -0.116. The summed E-state index contributed by atoms with van der Waals surface area (Å²) in [5.41, 5.74) is 2.93. The fourth-order valence-corrected chi connectivity index (χ4v) is 2.89. The highest BCUT2D eigenvalue weighted by Gasteiger charge is 2.01. The van der Waals surface area contributed by atoms with Gasteiger partial charge in [0.1, 0.15) is 0 Å². The first-order chi connectivity index (χ1) is 11.2. The average Bonchev–Trinajstić information content (AvgIpc) is 3.17. The molecule has 3 heterocycles. The van der Waals surface area contributed by atoms with Crippen molar-refractivity contribution in [1.29, 1.82) is 0 Å². The van der Waals surface area contributed by atoms with Gasteiger partial charge in [-0.2, -0.15) is 5.10 Å². The summed E-state index contributed by atoms with van der Waals surface area (Å²) in [6.45, 7) is 2.59. The van der Waals surface area contributed by atoms with Crippen LogP contribution in [0, 0.1) is 6.92 Å². The lowest BCUT2D eigenvalue weighted by Gasteiger charge is -2.03. The van der Waals surface area contributed by atoms with E-state index in [1.165, 1.54) is 0 Å². The van der Waals surface area contributed by atoms with Gasteiger partial charge in [-0.15, -0.1) is 11.3 Å². The molecule has 0 aliphatic heterocycles. The minimum Gasteiger partial charge on any atom is -0.353 e. The highest BCUT2D eigenvalue weighted by molar-refractivity contribution is 7.10. The smallest absolute Gasteiger partial charge is 0.244 e. The first-order valence-corrected chi connectivity index (χ1v) is 8.39. The number of hydrogen-bond donors (Lipinski definition) is 1. The van der Waals surface area contributed by atoms with E-state index >= 15 is 0 Å². The number of hydrogen-bond acceptors (Lipinski definition) is 4. The molecule has 1 N–H and O–H groups in total. The molecule has 0 saturated heterocycles. The predicted octanol–water partition coefficient (Wildman–Crippen LogP) is 2.86. The zero-order chi connectivity index (χ0) is 16.1. The van der Waals surface area contributed by atoms with Crippen molar-refractivity contribution >= 4 is 29.0 Å². The standard InChI is InChI=1S/C17H18N4OS/c1-13-10-16-19-11-14(12-21(16)20-13)4-2-8-18-17(22)7-6-15-5-3-9-23-15/h3,5-7,9-12H,2,4,8H2,1H3,(H,18,22)/b7-6+. The normalized spacial score (nSPS) is 11.3. The lowest BCUT2D eigenvalue weighted by Crippen LogP contribution is -2.22. The number of nitrogens with zero attached hydrogens (tertiary/aromatic N) is 3. The highest BCUT2D eigenvalue weighted by atomic mass is 32.1. The maximum atomic E-state index is 11.7. The molecule has 3 aromatic rings. The van der Waals surface area contributed by atoms with Gasteiger partial charge in [-0.25, -0.2) is 9.50 Å². The van der Waals surface area contributed by atoms with E-state index in [0.717, 1.165) is 34.6 Å². The van der Waals surface area contributed by atoms with Gasteiger partial charge in [0.15, 0.2) is 5.65 Å². The zero-order valence-corrected chi connectivity index (χ0v) is 13.7. The third kappa shape index (κ3) is 4.26. The van der Waals surface area contributed by atoms with Gasteiger partial charge in [0.2, 0.25) is 5.91 Å². The highest BCUT2D eigenvalue weighted by Crippen LogP contribution is 2.10. The molecule has 1 amide bonds. The van der Waals surface area contributed by atoms with E-state index < -0.39 is 0 Å². The van der Waals surface area contributed by atoms with Gasteiger partial charge in [-0.3, -0.25) is 4.79 Å². The molecule has 6 heteroatoms. The summed E-state index contributed by atoms with van der Waals surface area (Å²) in [5, 5.41) is 9.24. The zero-order valence-electron chi connectivity index (χ0n) is 12.9. The van der Waals surface area contributed by atoms with E-state index in [-0.39, 0.29) is 5.91 Å². The Morgan fingerprint density at radius 1 is 1.48 bits per heavy atom. The second-order valence-electron chi connectivity index (χ2n) is 5.29. The molecular formula is C17H18N4OS. The molecule has 0 unspecified atom stereocenters. The van der Waals surface area contributed by atoms with Crippen LogP contribution in [0.1, 0.15) is 22.6 Å². The lowest BCUT2D eigenvalue weighted by atomic mass is 10.2. The molecule has 0 spiro atoms. The number of thiophene rings is 1. The van der Waals surface area contributed by atoms with Gasteiger partial charge in [-0.05, 0) is 42.9 Å². The second-order valence-corrected chi connectivity index (χ2v) is 6.27. The number of aromatic nitrogens is 3. The topological polar surface area (TPSA) is 59.3 Å². The SMILES string of the molecule is Cc1cc2ncc(CCCNC(=O)/C=C/c3cccs3)cn2n1. The quantitative estimate of drug-likeness (QED) is 0.560. The summed E-state index contributed by atoms with van der Waals surface area (Å²) in [7, 11) is 0. The van der Waals surface area contributed by atoms with Crippen LogP contribution < -0.4 is 5.32 Å². The van der Waals surface area contributed by atoms with Crippen LogP contribution in [0.25, 0.3) is 11.7 Å². The van der Waals surface area contributed by atoms with Crippen molar-refractivity contribution in [3.63, 3.8) is 0 Å². The fourth-order valence-electron chi connectivity index (χ4n) is 2.27. The maximum Gasteiger partial charge on any atom is 0.244 e. The van der Waals surface area contributed by atoms with Gasteiger partial charge in [0.25, 0.3) is 0 Å². The molecule has 0 bridgehead atoms. The Bertz CT molecular complexity index is 820. The molecule has 0 saturated carbocycles. The van der Waals surface area contributed by atoms with Crippen LogP contribution in [-0.2, 0) is 11.2 Å². The molecule has 3 rings (SSSR count). The van der Waals surface area contributed by atoms with Gasteiger partial charge in [-0.1, -0.05) is 6.07 Å². The number of carbonyl (C=O) groups is 1. The third-order valence-corrected chi connectivity index (χ3v) is 4.21. The Labute approximate surface area is 138 Å². The van der Waals surface area contributed by atoms with E-state index in [1.807, 2.05) is 49.0 Å². The summed E-state index contributed by atoms with van der Waals surface area (Å²) in [4.78, 5) is 17.2. The van der Waals surface area contributed by atoms with Crippen LogP contribution >= 0.6 is 11.3 Å². The molecule has 3 aromatic heterocycles. The molecule has 118 valence electrons. The third-order valence-electron chi connectivity index (χ3n) is 3.37. The fraction of sp³-hybridized carbons (Fsp3) is 0.235. The van der Waals surface area contributed by atoms with Crippen LogP contribution in [0.5, 0.6) is 0 Å². The van der Waals surface area contributed by atoms with Crippen molar-refractivity contribution in [2.24, 2.45) is 0 Å². The second kappa shape index (κ2) is 7.19. The van der Waals surface area contributed by atoms with E-state index in [0.29, 0.717) is 6.54 Å². The summed E-state index contributed by atoms with van der Waals surface area (Å²) in [6, 6.07) is 5.90. The van der Waals surface area contributed by atoms with Gasteiger partial charge >= 0.3 is 0 Å². The number of carbonyl (C=O) groups excluding carboxylic acids is 1. The number of nitrogens with one attached hydrogen (secondary N) is 1. The average molecular weight is 326 g/mol. The molecule has 0 aliphatic carbocycles. The molecular weight excluding hydrogens is 308 g/mol. The predicted molar refractivity (Wildman–Crippen MR) is 92.4 cm³/mol. The molecule has 0 aliphatic rings. The van der Waals surface area contributed by atoms with Crippen LogP contribution in [0.4, 0.5) is 0 Å². The van der Waals surface area contributed by atoms with Crippen molar-refractivity contribution in [2.75, 3.05) is 6.54 Å². The van der Waals surface area contributed by atoms with Crippen LogP contribution in [0.3, 0.4) is 0 Å². The number of amides is 1. The van der Waals surface area contributed by atoms with E-state index in [2.05, 4.69) is 15.4 Å². The minimum atomic E-state index is -0.0605. The number of rotatable bonds is 6. The van der Waals surface area contributed by atoms with Gasteiger partial charge < -0.3 is 5.32 Å². The van der Waals surface area contributed by atoms with Crippen LogP contribution in [0.2, 0.25) is 0 Å². The van der Waals surface area contributed by atoms with Crippen molar-refractivity contribution in [2.45, 2.75) is 19.8 Å².